The second-order valence-electron chi connectivity index (χ2n) is 35.1. The molecule has 56 heteroatoms. The number of benzene rings is 4. The van der Waals surface area contributed by atoms with E-state index in [9.17, 15) is 58.2 Å². The molecule has 1 aliphatic rings. The first-order valence-corrected chi connectivity index (χ1v) is 49.5. The Morgan fingerprint density at radius 2 is 0.608 bits per heavy atom. The fraction of sp³-hybridized carbons (Fsp3) is 0.522. The molecule has 54 nitrogen and oxygen atoms in total. The number of carbonyl (C=O) groups is 18. The second kappa shape index (κ2) is 65.7. The number of rotatable bonds is 67. The van der Waals surface area contributed by atoms with E-state index in [2.05, 4.69) is 132 Å². The van der Waals surface area contributed by atoms with Crippen molar-refractivity contribution in [1.29, 1.82) is 21.6 Å². The molecule has 1 fully saturated rings. The van der Waals surface area contributed by atoms with E-state index in [0.717, 1.165) is 15.7 Å². The standard InChI is InChI=1S/C92H144N34O20S2/c1-50(127)113-59(18-7-37-107-87(97)98)73(131)116-63(20-9-39-109-89(101)102)77(135)121-68(47-53-25-30-54-14-2-3-15-55(54)44-53)81(139)125-70(49-148)83(141)122-66(45-51-26-31-56(128)32-27-51)79(137)118-61(19-8-38-108-88(99)100)74(132)115-60(16-4-5-35-93)76(134)120-65(23-12-42-112-92(105)146)85(143)126-43-13-24-71(126)84(142)123-67(46-52-28-33-57(129)34-29-52)80(138)119-62(21-10-40-110-90(103)144)75(133)117-64(22-11-41-111-91(104)145)78(136)124-69(48-147)82(140)114-58(72(94)130)17-6-36-106-86(95)96/h2-3,14-15,25-34,44,58-71,128-129,147-148H,4-13,16-24,35-43,45-49,93H2,1H3,(H2,94,130)(H,113,127)(H,114,140)(H,115,132)(H,116,131)(H,117,133)(H,118,137)(H,119,138)(H,120,134)(H,121,135)(H,122,141)(H,123,142)(H,124,136)(H,125,139)(H4,95,96,106)(H4,97,98,107)(H4,99,100,108)(H4,101,102,109)(H3,103,110,144)(H3,104,111,145)(H3,105,112,146)/t58-,59-,60-,61-,62-,63-,64-,65+,66-,67-,68-,69-,70-,71-/m0/s1. The SMILES string of the molecule is CC(=O)N[C@@H](CCCNC(=N)N)C(=O)N[C@@H](CCCNC(=N)N)C(=O)N[C@@H](Cc1ccc2ccccc2c1)C(=O)N[C@@H](CS)C(=O)N[C@@H](Cc1ccc(O)cc1)C(=O)N[C@@H](CCCNC(=N)N)C(=O)N[C@@H](CCCCN)C(=O)N[C@H](CCCNC(N)=O)C(=O)N1CCC[C@H]1C(=O)N[C@@H](Cc1ccc(O)cc1)C(=O)N[C@@H](CCCNC(N)=O)C(=O)N[C@@H](CCCNC(N)=O)C(=O)N[C@@H](CS)C(=O)N[C@@H](CCCNC(=N)N)C(N)=O. The van der Waals surface area contributed by atoms with Crippen LogP contribution in [0.15, 0.2) is 91.0 Å². The number of nitrogens with zero attached hydrogens (tertiary/aromatic N) is 1. The molecule has 814 valence electrons. The lowest BCUT2D eigenvalue weighted by atomic mass is 10.00. The number of nitrogens with two attached hydrogens (primary N) is 9. The molecule has 4 aromatic carbocycles. The van der Waals surface area contributed by atoms with Gasteiger partial charge in [-0.1, -0.05) is 66.7 Å². The highest BCUT2D eigenvalue weighted by Gasteiger charge is 2.42. The molecule has 148 heavy (non-hydrogen) atoms. The minimum atomic E-state index is -1.68. The zero-order valence-corrected chi connectivity index (χ0v) is 84.1. The maximum atomic E-state index is 15.5. The third-order valence-electron chi connectivity index (χ3n) is 23.3. The monoisotopic (exact) mass is 2110 g/mol. The summed E-state index contributed by atoms with van der Waals surface area (Å²) in [6.07, 6.45) is -1.63. The topological polar surface area (TPSA) is 921 Å². The average molecular weight is 2110 g/mol. The van der Waals surface area contributed by atoms with Gasteiger partial charge in [0.1, 0.15) is 96.1 Å². The van der Waals surface area contributed by atoms with Crippen molar-refractivity contribution in [2.75, 3.05) is 70.4 Å². The summed E-state index contributed by atoms with van der Waals surface area (Å²) in [5, 5.41) is 105. The van der Waals surface area contributed by atoms with Gasteiger partial charge in [-0.05, 0) is 180 Å². The lowest BCUT2D eigenvalue weighted by molar-refractivity contribution is -0.142. The first kappa shape index (κ1) is 123. The third-order valence-corrected chi connectivity index (χ3v) is 24.0. The Labute approximate surface area is 865 Å². The van der Waals surface area contributed by atoms with Crippen LogP contribution in [0.2, 0.25) is 0 Å². The molecule has 5 rings (SSSR count). The molecule has 0 bridgehead atoms. The van der Waals surface area contributed by atoms with Gasteiger partial charge in [0.2, 0.25) is 88.6 Å². The van der Waals surface area contributed by atoms with Crippen LogP contribution in [0.25, 0.3) is 10.8 Å². The number of thiol groups is 2. The van der Waals surface area contributed by atoms with Crippen molar-refractivity contribution >= 4 is 167 Å². The summed E-state index contributed by atoms with van der Waals surface area (Å²) in [6.45, 7) is 0.916. The number of phenolic OH excluding ortho intramolecular Hbond substituents is 2. The van der Waals surface area contributed by atoms with Gasteiger partial charge in [0, 0.05) is 90.0 Å². The summed E-state index contributed by atoms with van der Waals surface area (Å²) in [7, 11) is 0. The Balaban J connectivity index is 1.50. The molecule has 1 saturated heterocycles. The number of phenols is 2. The number of nitrogens with one attached hydrogen (secondary N) is 24. The van der Waals surface area contributed by atoms with E-state index < -0.39 is 203 Å². The molecule has 14 atom stereocenters. The van der Waals surface area contributed by atoms with E-state index in [4.69, 9.17) is 73.2 Å². The number of primary amides is 4. The van der Waals surface area contributed by atoms with Crippen molar-refractivity contribution < 1.29 is 96.5 Å². The Hall–Kier alpha value is -15.7. The zero-order chi connectivity index (χ0) is 109. The smallest absolute Gasteiger partial charge is 0.312 e. The first-order chi connectivity index (χ1) is 70.4. The van der Waals surface area contributed by atoms with Crippen molar-refractivity contribution in [1.82, 2.24) is 111 Å². The van der Waals surface area contributed by atoms with E-state index in [-0.39, 0.29) is 235 Å². The fourth-order valence-electron chi connectivity index (χ4n) is 15.7. The average Bonchev–Trinajstić information content (AvgIpc) is 1.59. The van der Waals surface area contributed by atoms with Crippen LogP contribution in [-0.2, 0) is 91.2 Å². The van der Waals surface area contributed by atoms with Crippen LogP contribution in [0.3, 0.4) is 0 Å². The molecule has 1 aliphatic heterocycles. The number of urea groups is 3. The molecule has 0 unspecified atom stereocenters. The molecule has 4 aromatic rings. The van der Waals surface area contributed by atoms with Gasteiger partial charge >= 0.3 is 18.1 Å². The maximum Gasteiger partial charge on any atom is 0.312 e. The second-order valence-corrected chi connectivity index (χ2v) is 35.8. The van der Waals surface area contributed by atoms with Gasteiger partial charge < -0.3 is 173 Å². The molecule has 44 N–H and O–H groups in total. The van der Waals surface area contributed by atoms with Crippen LogP contribution >= 0.6 is 25.3 Å². The summed E-state index contributed by atoms with van der Waals surface area (Å²) < 4.78 is 0. The van der Waals surface area contributed by atoms with Gasteiger partial charge in [-0.2, -0.15) is 25.3 Å². The van der Waals surface area contributed by atoms with E-state index in [1.54, 1.807) is 24.3 Å². The summed E-state index contributed by atoms with van der Waals surface area (Å²) >= 11 is 8.71. The van der Waals surface area contributed by atoms with Crippen LogP contribution in [0, 0.1) is 21.6 Å². The molecule has 1 heterocycles. The van der Waals surface area contributed by atoms with E-state index >= 15 is 38.4 Å². The Kier molecular flexibility index (Phi) is 54.5. The van der Waals surface area contributed by atoms with E-state index in [0.29, 0.717) is 16.7 Å². The van der Waals surface area contributed by atoms with Crippen LogP contribution in [-0.4, -0.2) is 301 Å². The Morgan fingerprint density at radius 3 is 0.946 bits per heavy atom. The predicted octanol–water partition coefficient (Wildman–Crippen LogP) is -7.54. The van der Waals surface area contributed by atoms with Gasteiger partial charge in [0.25, 0.3) is 0 Å². The van der Waals surface area contributed by atoms with Crippen LogP contribution in [0.1, 0.15) is 146 Å². The fourth-order valence-corrected chi connectivity index (χ4v) is 16.2. The number of hydrogen-bond acceptors (Lipinski definition) is 27. The van der Waals surface area contributed by atoms with Crippen molar-refractivity contribution in [3.63, 3.8) is 0 Å². The highest BCUT2D eigenvalue weighted by molar-refractivity contribution is 7.80. The van der Waals surface area contributed by atoms with Crippen molar-refractivity contribution in [3.05, 3.63) is 108 Å². The Bertz CT molecular complexity index is 5190. The van der Waals surface area contributed by atoms with Gasteiger partial charge in [-0.3, -0.25) is 93.6 Å². The maximum absolute atomic E-state index is 15.5. The van der Waals surface area contributed by atoms with E-state index in [1.807, 2.05) is 18.2 Å². The van der Waals surface area contributed by atoms with Crippen molar-refractivity contribution in [2.45, 2.75) is 233 Å². The normalized spacial score (nSPS) is 14.6. The molecule has 21 amide bonds. The Morgan fingerprint density at radius 1 is 0.331 bits per heavy atom. The predicted molar refractivity (Wildman–Crippen MR) is 554 cm³/mol. The number of hydrogen-bond donors (Lipinski definition) is 37. The number of likely N-dealkylation sites (tertiary alicyclic amines) is 1. The molecule has 0 saturated carbocycles. The molecule has 0 radical (unpaired) electrons. The van der Waals surface area contributed by atoms with E-state index in [1.165, 1.54) is 55.5 Å². The summed E-state index contributed by atoms with van der Waals surface area (Å²) in [5.41, 5.74) is 50.9. The number of aromatic hydroxyl groups is 2. The molecular formula is C92H144N34O20S2. The van der Waals surface area contributed by atoms with Crippen molar-refractivity contribution in [2.24, 2.45) is 51.6 Å². The van der Waals surface area contributed by atoms with Crippen LogP contribution < -0.4 is 158 Å². The van der Waals surface area contributed by atoms with Gasteiger partial charge in [0.05, 0.1) is 0 Å². The number of fused-ring (bicyclic) bond motifs is 1. The summed E-state index contributed by atoms with van der Waals surface area (Å²) in [6, 6.07) is -0.836. The third kappa shape index (κ3) is 46.6. The number of unbranched alkanes of at least 4 members (excludes halogenated alkanes) is 1. The van der Waals surface area contributed by atoms with Crippen LogP contribution in [0.5, 0.6) is 11.5 Å². The minimum Gasteiger partial charge on any atom is -0.508 e. The van der Waals surface area contributed by atoms with Gasteiger partial charge in [0.15, 0.2) is 23.8 Å². The largest absolute Gasteiger partial charge is 0.508 e. The number of guanidine groups is 4. The molecule has 0 aliphatic carbocycles. The van der Waals surface area contributed by atoms with Crippen LogP contribution in [0.4, 0.5) is 14.4 Å². The van der Waals surface area contributed by atoms with Gasteiger partial charge in [-0.15, -0.1) is 0 Å². The first-order valence-electron chi connectivity index (χ1n) is 48.3. The zero-order valence-electron chi connectivity index (χ0n) is 82.4. The number of carbonyl (C=O) groups excluding carboxylic acids is 18. The lowest BCUT2D eigenvalue weighted by Crippen LogP contribution is -2.61. The van der Waals surface area contributed by atoms with Crippen molar-refractivity contribution in [3.8, 4) is 11.5 Å². The highest BCUT2D eigenvalue weighted by Crippen LogP contribution is 2.24. The molecular weight excluding hydrogens is 1970 g/mol. The number of amides is 21. The summed E-state index contributed by atoms with van der Waals surface area (Å²) in [4.78, 5) is 255. The minimum absolute atomic E-state index is 0.0165. The van der Waals surface area contributed by atoms with Gasteiger partial charge in [-0.25, -0.2) is 14.4 Å². The lowest BCUT2D eigenvalue weighted by Gasteiger charge is -2.31. The highest BCUT2D eigenvalue weighted by atomic mass is 32.1. The molecule has 0 aromatic heterocycles. The molecule has 0 spiro atoms. The summed E-state index contributed by atoms with van der Waals surface area (Å²) in [5.74, 6) is -16.9. The quantitative estimate of drug-likeness (QED) is 0.00845.